The molecule has 0 atom stereocenters. The molecule has 2 N–H and O–H groups in total. The number of nitrogen functional groups attached to an aromatic ring is 1. The van der Waals surface area contributed by atoms with Crippen molar-refractivity contribution in [2.24, 2.45) is 0 Å². The minimum absolute atomic E-state index is 0.479. The molecule has 19 heavy (non-hydrogen) atoms. The highest BCUT2D eigenvalue weighted by Gasteiger charge is 2.21. The summed E-state index contributed by atoms with van der Waals surface area (Å²) >= 11 is 0. The molecule has 0 bridgehead atoms. The molecule has 1 aliphatic rings. The van der Waals surface area contributed by atoms with Crippen LogP contribution in [0.2, 0.25) is 0 Å². The number of rotatable bonds is 1. The maximum absolute atomic E-state index is 5.85. The van der Waals surface area contributed by atoms with Gasteiger partial charge in [-0.15, -0.1) is 10.2 Å². The van der Waals surface area contributed by atoms with E-state index < -0.39 is 0 Å². The molecule has 0 saturated heterocycles. The Labute approximate surface area is 108 Å². The Morgan fingerprint density at radius 3 is 3.16 bits per heavy atom. The summed E-state index contributed by atoms with van der Waals surface area (Å²) in [6, 6.07) is 0. The molecule has 3 aromatic rings. The number of hydrogen-bond donors (Lipinski definition) is 1. The molecule has 0 saturated carbocycles. The molecule has 0 unspecified atom stereocenters. The Bertz CT molecular complexity index is 742. The largest absolute Gasteiger partial charge is 0.382 e. The minimum Gasteiger partial charge on any atom is -0.382 e. The van der Waals surface area contributed by atoms with Gasteiger partial charge in [0.05, 0.1) is 12.7 Å². The second-order valence-corrected chi connectivity index (χ2v) is 4.51. The Morgan fingerprint density at radius 1 is 1.26 bits per heavy atom. The Morgan fingerprint density at radius 2 is 2.21 bits per heavy atom. The highest BCUT2D eigenvalue weighted by molar-refractivity contribution is 5.66. The van der Waals surface area contributed by atoms with E-state index in [9.17, 15) is 0 Å². The summed E-state index contributed by atoms with van der Waals surface area (Å²) in [6.45, 7) is 2.34. The van der Waals surface area contributed by atoms with Crippen LogP contribution in [0.4, 0.5) is 11.6 Å². The third kappa shape index (κ3) is 1.53. The first-order valence-electron chi connectivity index (χ1n) is 6.02. The molecule has 0 amide bonds. The molecule has 8 nitrogen and oxygen atoms in total. The fourth-order valence-corrected chi connectivity index (χ4v) is 2.39. The zero-order valence-electron chi connectivity index (χ0n) is 10.1. The number of nitrogens with two attached hydrogens (primary N) is 1. The van der Waals surface area contributed by atoms with E-state index in [-0.39, 0.29) is 0 Å². The Hall–Kier alpha value is -2.64. The number of aromatic nitrogens is 6. The van der Waals surface area contributed by atoms with Crippen molar-refractivity contribution in [3.8, 4) is 0 Å². The predicted molar refractivity (Wildman–Crippen MR) is 68.5 cm³/mol. The summed E-state index contributed by atoms with van der Waals surface area (Å²) < 4.78 is 3.93. The van der Waals surface area contributed by atoms with Gasteiger partial charge in [0.15, 0.2) is 17.3 Å². The van der Waals surface area contributed by atoms with Crippen LogP contribution in [-0.4, -0.2) is 35.7 Å². The van der Waals surface area contributed by atoms with E-state index in [0.717, 1.165) is 30.4 Å². The van der Waals surface area contributed by atoms with Crippen LogP contribution in [0.25, 0.3) is 5.65 Å². The van der Waals surface area contributed by atoms with Crippen molar-refractivity contribution < 1.29 is 0 Å². The van der Waals surface area contributed by atoms with E-state index in [2.05, 4.69) is 25.1 Å². The molecule has 1 aliphatic heterocycles. The van der Waals surface area contributed by atoms with E-state index in [1.807, 2.05) is 15.2 Å². The first-order chi connectivity index (χ1) is 9.31. The second-order valence-electron chi connectivity index (χ2n) is 4.51. The third-order valence-corrected chi connectivity index (χ3v) is 3.31. The van der Waals surface area contributed by atoms with E-state index in [1.54, 1.807) is 18.7 Å². The van der Waals surface area contributed by atoms with Crippen molar-refractivity contribution >= 4 is 17.3 Å². The smallest absolute Gasteiger partial charge is 0.180 e. The average molecular weight is 256 g/mol. The maximum atomic E-state index is 5.85. The number of hydrogen-bond acceptors (Lipinski definition) is 6. The van der Waals surface area contributed by atoms with Crippen LogP contribution < -0.4 is 10.6 Å². The average Bonchev–Trinajstić information content (AvgIpc) is 3.04. The second kappa shape index (κ2) is 3.67. The standard InChI is InChI=1S/C11H12N8/c12-8-5-17-2-1-13-10(17)11(15-8)18-3-4-19-7-14-16-9(19)6-18/h1-2,5,7H,3-4,6,12H2. The molecule has 0 aliphatic carbocycles. The van der Waals surface area contributed by atoms with E-state index >= 15 is 0 Å². The number of nitrogens with zero attached hydrogens (tertiary/aromatic N) is 7. The molecular formula is C11H12N8. The molecule has 8 heteroatoms. The van der Waals surface area contributed by atoms with Crippen LogP contribution in [0.1, 0.15) is 5.82 Å². The molecule has 0 fully saturated rings. The van der Waals surface area contributed by atoms with Crippen LogP contribution >= 0.6 is 0 Å². The molecule has 0 spiro atoms. The molecule has 0 radical (unpaired) electrons. The van der Waals surface area contributed by atoms with Gasteiger partial charge in [-0.3, -0.25) is 0 Å². The van der Waals surface area contributed by atoms with Crippen LogP contribution in [0.15, 0.2) is 24.9 Å². The lowest BCUT2D eigenvalue weighted by Crippen LogP contribution is -2.34. The normalized spacial score (nSPS) is 14.8. The minimum atomic E-state index is 0.479. The van der Waals surface area contributed by atoms with Crippen LogP contribution in [0.3, 0.4) is 0 Å². The van der Waals surface area contributed by atoms with E-state index in [4.69, 9.17) is 5.73 Å². The van der Waals surface area contributed by atoms with E-state index in [0.29, 0.717) is 12.4 Å². The maximum Gasteiger partial charge on any atom is 0.180 e. The predicted octanol–water partition coefficient (Wildman–Crippen LogP) is -0.0768. The molecular weight excluding hydrogens is 244 g/mol. The summed E-state index contributed by atoms with van der Waals surface area (Å²) in [5.41, 5.74) is 6.65. The van der Waals surface area contributed by atoms with Gasteiger partial charge in [0.1, 0.15) is 12.1 Å². The van der Waals surface area contributed by atoms with Gasteiger partial charge < -0.3 is 19.6 Å². The number of fused-ring (bicyclic) bond motifs is 2. The van der Waals surface area contributed by atoms with Crippen molar-refractivity contribution in [1.29, 1.82) is 0 Å². The van der Waals surface area contributed by atoms with Crippen molar-refractivity contribution in [2.45, 2.75) is 13.1 Å². The first kappa shape index (κ1) is 10.3. The van der Waals surface area contributed by atoms with Crippen molar-refractivity contribution in [3.63, 3.8) is 0 Å². The van der Waals surface area contributed by atoms with Crippen LogP contribution in [-0.2, 0) is 13.1 Å². The molecule has 4 heterocycles. The van der Waals surface area contributed by atoms with Gasteiger partial charge in [-0.05, 0) is 0 Å². The first-order valence-corrected chi connectivity index (χ1v) is 6.02. The fourth-order valence-electron chi connectivity index (χ4n) is 2.39. The summed E-state index contributed by atoms with van der Waals surface area (Å²) in [5.74, 6) is 2.20. The summed E-state index contributed by atoms with van der Waals surface area (Å²) in [7, 11) is 0. The van der Waals surface area contributed by atoms with Gasteiger partial charge in [0.25, 0.3) is 0 Å². The fraction of sp³-hybridized carbons (Fsp3) is 0.273. The lowest BCUT2D eigenvalue weighted by atomic mass is 10.3. The molecule has 0 aromatic carbocycles. The van der Waals surface area contributed by atoms with Gasteiger partial charge in [-0.2, -0.15) is 0 Å². The number of anilines is 2. The summed E-state index contributed by atoms with van der Waals surface area (Å²) in [6.07, 6.45) is 7.12. The van der Waals surface area contributed by atoms with E-state index in [1.165, 1.54) is 0 Å². The topological polar surface area (TPSA) is 90.2 Å². The highest BCUT2D eigenvalue weighted by Crippen LogP contribution is 2.23. The van der Waals surface area contributed by atoms with Gasteiger partial charge in [-0.1, -0.05) is 0 Å². The lowest BCUT2D eigenvalue weighted by Gasteiger charge is -2.28. The SMILES string of the molecule is Nc1cn2ccnc2c(N2CCn3cnnc3C2)n1. The van der Waals surface area contributed by atoms with Crippen LogP contribution in [0, 0.1) is 0 Å². The van der Waals surface area contributed by atoms with Crippen molar-refractivity contribution in [1.82, 2.24) is 29.1 Å². The van der Waals surface area contributed by atoms with Crippen molar-refractivity contribution in [2.75, 3.05) is 17.2 Å². The Balaban J connectivity index is 1.81. The number of imidazole rings is 1. The summed E-state index contributed by atoms with van der Waals surface area (Å²) in [5, 5.41) is 8.03. The highest BCUT2D eigenvalue weighted by atomic mass is 15.3. The van der Waals surface area contributed by atoms with Crippen LogP contribution in [0.5, 0.6) is 0 Å². The molecule has 96 valence electrons. The van der Waals surface area contributed by atoms with Gasteiger partial charge in [-0.25, -0.2) is 9.97 Å². The molecule has 4 rings (SSSR count). The third-order valence-electron chi connectivity index (χ3n) is 3.31. The van der Waals surface area contributed by atoms with Gasteiger partial charge >= 0.3 is 0 Å². The quantitative estimate of drug-likeness (QED) is 0.655. The van der Waals surface area contributed by atoms with Crippen molar-refractivity contribution in [3.05, 3.63) is 30.7 Å². The van der Waals surface area contributed by atoms with Gasteiger partial charge in [0, 0.05) is 25.5 Å². The Kier molecular flexibility index (Phi) is 1.99. The lowest BCUT2D eigenvalue weighted by molar-refractivity contribution is 0.556. The zero-order chi connectivity index (χ0) is 12.8. The summed E-state index contributed by atoms with van der Waals surface area (Å²) in [4.78, 5) is 10.9. The molecule has 3 aromatic heterocycles. The van der Waals surface area contributed by atoms with Gasteiger partial charge in [0.2, 0.25) is 0 Å². The monoisotopic (exact) mass is 256 g/mol. The zero-order valence-corrected chi connectivity index (χ0v) is 10.1.